The van der Waals surface area contributed by atoms with E-state index in [-0.39, 0.29) is 6.04 Å². The monoisotopic (exact) mass is 339 g/mol. The van der Waals surface area contributed by atoms with Crippen LogP contribution in [0.1, 0.15) is 18.4 Å². The Morgan fingerprint density at radius 2 is 2.08 bits per heavy atom. The molecule has 0 amide bonds. The second-order valence-electron chi connectivity index (χ2n) is 6.10. The minimum absolute atomic E-state index is 0.0153. The summed E-state index contributed by atoms with van der Waals surface area (Å²) in [7, 11) is 0. The average Bonchev–Trinajstić information content (AvgIpc) is 3.35. The molecule has 1 aliphatic heterocycles. The quantitative estimate of drug-likeness (QED) is 0.687. The van der Waals surface area contributed by atoms with Gasteiger partial charge in [-0.25, -0.2) is 4.98 Å². The molecule has 1 saturated heterocycles. The van der Waals surface area contributed by atoms with Gasteiger partial charge in [-0.05, 0) is 6.42 Å². The number of imidazole rings is 1. The van der Waals surface area contributed by atoms with Crippen LogP contribution < -0.4 is 0 Å². The molecular formula is C18H21N5O2. The summed E-state index contributed by atoms with van der Waals surface area (Å²) in [4.78, 5) is 11.0. The standard InChI is InChI=1S/C18H21N5O2/c1-2-5-15(6-3-1)17-20-18(25-21-17)16-13-24-12-11-23(16)9-4-8-22-10-7-19-14-22/h1-3,5-7,10,14,16H,4,8-9,11-13H2. The van der Waals surface area contributed by atoms with E-state index < -0.39 is 0 Å². The van der Waals surface area contributed by atoms with Gasteiger partial charge in [0.1, 0.15) is 6.04 Å². The van der Waals surface area contributed by atoms with Crippen molar-refractivity contribution in [1.29, 1.82) is 0 Å². The lowest BCUT2D eigenvalue weighted by molar-refractivity contribution is -0.0207. The van der Waals surface area contributed by atoms with Crippen molar-refractivity contribution in [1.82, 2.24) is 24.6 Å². The van der Waals surface area contributed by atoms with Crippen molar-refractivity contribution in [3.05, 3.63) is 54.9 Å². The van der Waals surface area contributed by atoms with Crippen LogP contribution in [-0.4, -0.2) is 50.9 Å². The molecule has 0 N–H and O–H groups in total. The maximum atomic E-state index is 5.65. The third-order valence-electron chi connectivity index (χ3n) is 4.42. The molecule has 0 aliphatic carbocycles. The van der Waals surface area contributed by atoms with E-state index in [0.717, 1.165) is 38.2 Å². The number of nitrogens with zero attached hydrogens (tertiary/aromatic N) is 5. The fraction of sp³-hybridized carbons (Fsp3) is 0.389. The molecule has 1 fully saturated rings. The third-order valence-corrected chi connectivity index (χ3v) is 4.42. The predicted octanol–water partition coefficient (Wildman–Crippen LogP) is 2.40. The number of benzene rings is 1. The topological polar surface area (TPSA) is 69.2 Å². The zero-order valence-electron chi connectivity index (χ0n) is 14.0. The van der Waals surface area contributed by atoms with Gasteiger partial charge >= 0.3 is 0 Å². The Morgan fingerprint density at radius 3 is 2.92 bits per heavy atom. The highest BCUT2D eigenvalue weighted by atomic mass is 16.5. The third kappa shape index (κ3) is 3.78. The molecule has 1 aromatic carbocycles. The normalized spacial score (nSPS) is 18.5. The first kappa shape index (κ1) is 16.0. The van der Waals surface area contributed by atoms with Gasteiger partial charge in [0.25, 0.3) is 0 Å². The minimum atomic E-state index is 0.0153. The lowest BCUT2D eigenvalue weighted by atomic mass is 10.2. The summed E-state index contributed by atoms with van der Waals surface area (Å²) in [6.07, 6.45) is 6.68. The summed E-state index contributed by atoms with van der Waals surface area (Å²) < 4.78 is 13.3. The van der Waals surface area contributed by atoms with Crippen molar-refractivity contribution < 1.29 is 9.26 Å². The lowest BCUT2D eigenvalue weighted by Gasteiger charge is -2.33. The van der Waals surface area contributed by atoms with Gasteiger partial charge in [0.2, 0.25) is 11.7 Å². The van der Waals surface area contributed by atoms with E-state index in [1.807, 2.05) is 42.9 Å². The number of aryl methyl sites for hydroxylation is 1. The molecule has 0 saturated carbocycles. The Bertz CT molecular complexity index is 772. The molecule has 0 radical (unpaired) electrons. The maximum absolute atomic E-state index is 5.65. The molecule has 2 aromatic heterocycles. The van der Waals surface area contributed by atoms with Crippen LogP contribution in [0.5, 0.6) is 0 Å². The number of ether oxygens (including phenoxy) is 1. The van der Waals surface area contributed by atoms with Gasteiger partial charge in [0, 0.05) is 37.6 Å². The zero-order chi connectivity index (χ0) is 16.9. The van der Waals surface area contributed by atoms with Crippen molar-refractivity contribution in [2.24, 2.45) is 0 Å². The Labute approximate surface area is 146 Å². The number of hydrogen-bond donors (Lipinski definition) is 0. The van der Waals surface area contributed by atoms with Crippen LogP contribution in [0.3, 0.4) is 0 Å². The van der Waals surface area contributed by atoms with Crippen LogP contribution in [0.15, 0.2) is 53.6 Å². The van der Waals surface area contributed by atoms with Gasteiger partial charge in [-0.15, -0.1) is 0 Å². The molecule has 1 atom stereocenters. The van der Waals surface area contributed by atoms with Crippen LogP contribution in [0, 0.1) is 0 Å². The number of rotatable bonds is 6. The predicted molar refractivity (Wildman–Crippen MR) is 91.7 cm³/mol. The number of hydrogen-bond acceptors (Lipinski definition) is 6. The van der Waals surface area contributed by atoms with E-state index in [4.69, 9.17) is 9.26 Å². The van der Waals surface area contributed by atoms with Gasteiger partial charge in [0.05, 0.1) is 19.5 Å². The number of morpholine rings is 1. The lowest BCUT2D eigenvalue weighted by Crippen LogP contribution is -2.40. The second kappa shape index (κ2) is 7.58. The van der Waals surface area contributed by atoms with Crippen molar-refractivity contribution in [2.75, 3.05) is 26.3 Å². The number of aromatic nitrogens is 4. The van der Waals surface area contributed by atoms with E-state index >= 15 is 0 Å². The Balaban J connectivity index is 1.43. The van der Waals surface area contributed by atoms with Gasteiger partial charge in [-0.1, -0.05) is 35.5 Å². The molecule has 4 rings (SSSR count). The molecule has 25 heavy (non-hydrogen) atoms. The zero-order valence-corrected chi connectivity index (χ0v) is 14.0. The molecule has 0 spiro atoms. The van der Waals surface area contributed by atoms with Gasteiger partial charge in [-0.3, -0.25) is 4.90 Å². The summed E-state index contributed by atoms with van der Waals surface area (Å²) in [6.45, 7) is 4.10. The highest BCUT2D eigenvalue weighted by Gasteiger charge is 2.29. The highest BCUT2D eigenvalue weighted by molar-refractivity contribution is 5.53. The average molecular weight is 339 g/mol. The summed E-state index contributed by atoms with van der Waals surface area (Å²) in [5, 5.41) is 4.14. The van der Waals surface area contributed by atoms with Crippen LogP contribution in [-0.2, 0) is 11.3 Å². The molecule has 130 valence electrons. The Kier molecular flexibility index (Phi) is 4.85. The first-order chi connectivity index (χ1) is 12.4. The molecule has 1 aliphatic rings. The van der Waals surface area contributed by atoms with Crippen molar-refractivity contribution in [3.63, 3.8) is 0 Å². The summed E-state index contributed by atoms with van der Waals surface area (Å²) >= 11 is 0. The first-order valence-electron chi connectivity index (χ1n) is 8.57. The fourth-order valence-electron chi connectivity index (χ4n) is 3.08. The first-order valence-corrected chi connectivity index (χ1v) is 8.57. The minimum Gasteiger partial charge on any atom is -0.378 e. The summed E-state index contributed by atoms with van der Waals surface area (Å²) in [5.74, 6) is 1.25. The molecular weight excluding hydrogens is 318 g/mol. The SMILES string of the molecule is c1ccc(-c2noc(C3COCCN3CCCn3ccnc3)n2)cc1. The smallest absolute Gasteiger partial charge is 0.246 e. The largest absolute Gasteiger partial charge is 0.378 e. The van der Waals surface area contributed by atoms with Crippen LogP contribution >= 0.6 is 0 Å². The van der Waals surface area contributed by atoms with E-state index in [2.05, 4.69) is 24.6 Å². The van der Waals surface area contributed by atoms with Crippen LogP contribution in [0.2, 0.25) is 0 Å². The van der Waals surface area contributed by atoms with Crippen LogP contribution in [0.25, 0.3) is 11.4 Å². The summed E-state index contributed by atoms with van der Waals surface area (Å²) in [5.41, 5.74) is 0.959. The second-order valence-corrected chi connectivity index (χ2v) is 6.10. The van der Waals surface area contributed by atoms with Crippen molar-refractivity contribution >= 4 is 0 Å². The van der Waals surface area contributed by atoms with E-state index in [0.29, 0.717) is 18.3 Å². The van der Waals surface area contributed by atoms with Crippen molar-refractivity contribution in [2.45, 2.75) is 19.0 Å². The molecule has 0 bridgehead atoms. The Hall–Kier alpha value is -2.51. The molecule has 1 unspecified atom stereocenters. The highest BCUT2D eigenvalue weighted by Crippen LogP contribution is 2.25. The van der Waals surface area contributed by atoms with Crippen molar-refractivity contribution in [3.8, 4) is 11.4 Å². The molecule has 7 heteroatoms. The Morgan fingerprint density at radius 1 is 1.16 bits per heavy atom. The maximum Gasteiger partial charge on any atom is 0.246 e. The molecule has 3 aromatic rings. The molecule has 7 nitrogen and oxygen atoms in total. The van der Waals surface area contributed by atoms with Gasteiger partial charge in [-0.2, -0.15) is 4.98 Å². The van der Waals surface area contributed by atoms with E-state index in [1.54, 1.807) is 6.20 Å². The van der Waals surface area contributed by atoms with E-state index in [1.165, 1.54) is 0 Å². The van der Waals surface area contributed by atoms with Gasteiger partial charge in [0.15, 0.2) is 0 Å². The van der Waals surface area contributed by atoms with E-state index in [9.17, 15) is 0 Å². The molecule has 3 heterocycles. The van der Waals surface area contributed by atoms with Crippen LogP contribution in [0.4, 0.5) is 0 Å². The fourth-order valence-corrected chi connectivity index (χ4v) is 3.08. The van der Waals surface area contributed by atoms with Gasteiger partial charge < -0.3 is 13.8 Å². The summed E-state index contributed by atoms with van der Waals surface area (Å²) in [6, 6.07) is 9.89.